The zero-order chi connectivity index (χ0) is 20.8. The van der Waals surface area contributed by atoms with Crippen molar-refractivity contribution in [3.63, 3.8) is 0 Å². The Morgan fingerprint density at radius 3 is 1.17 bits per heavy atom. The highest BCUT2D eigenvalue weighted by molar-refractivity contribution is 5.73. The summed E-state index contributed by atoms with van der Waals surface area (Å²) in [5.41, 5.74) is 7.95. The Hall–Kier alpha value is -3.38. The van der Waals surface area contributed by atoms with E-state index in [-0.39, 0.29) is 0 Å². The van der Waals surface area contributed by atoms with Gasteiger partial charge in [0.25, 0.3) is 0 Å². The minimum absolute atomic E-state index is 0.352. The predicted molar refractivity (Wildman–Crippen MR) is 130 cm³/mol. The van der Waals surface area contributed by atoms with Crippen molar-refractivity contribution in [3.05, 3.63) is 143 Å². The Morgan fingerprint density at radius 2 is 0.767 bits per heavy atom. The maximum absolute atomic E-state index is 2.29. The van der Waals surface area contributed by atoms with Crippen LogP contribution in [0.5, 0.6) is 0 Å². The fourth-order valence-electron chi connectivity index (χ4n) is 4.14. The van der Waals surface area contributed by atoms with E-state index in [1.54, 1.807) is 0 Å². The monoisotopic (exact) mass is 388 g/mol. The second-order valence-electron chi connectivity index (χ2n) is 7.86. The quantitative estimate of drug-likeness (QED) is 0.292. The summed E-state index contributed by atoms with van der Waals surface area (Å²) >= 11 is 0. The van der Waals surface area contributed by atoms with Crippen molar-refractivity contribution in [2.75, 3.05) is 0 Å². The van der Waals surface area contributed by atoms with Crippen LogP contribution in [0, 0.1) is 0 Å². The molecule has 0 amide bonds. The van der Waals surface area contributed by atoms with E-state index >= 15 is 0 Å². The molecule has 2 atom stereocenters. The lowest BCUT2D eigenvalue weighted by molar-refractivity contribution is 0.918. The van der Waals surface area contributed by atoms with E-state index in [2.05, 4.69) is 135 Å². The summed E-state index contributed by atoms with van der Waals surface area (Å²) in [5.74, 6) is 0.705. The van der Waals surface area contributed by atoms with E-state index in [0.717, 1.165) is 0 Å². The number of hydrogen-bond donors (Lipinski definition) is 0. The van der Waals surface area contributed by atoms with Crippen LogP contribution < -0.4 is 0 Å². The summed E-state index contributed by atoms with van der Waals surface area (Å²) in [6, 6.07) is 38.9. The van der Waals surface area contributed by atoms with Crippen molar-refractivity contribution < 1.29 is 0 Å². The molecule has 4 rings (SSSR count). The lowest BCUT2D eigenvalue weighted by Gasteiger charge is -2.17. The van der Waals surface area contributed by atoms with E-state index in [9.17, 15) is 0 Å². The van der Waals surface area contributed by atoms with Gasteiger partial charge in [0.15, 0.2) is 0 Å². The third-order valence-electron chi connectivity index (χ3n) is 5.97. The van der Waals surface area contributed by atoms with Gasteiger partial charge < -0.3 is 0 Å². The van der Waals surface area contributed by atoms with Gasteiger partial charge >= 0.3 is 0 Å². The van der Waals surface area contributed by atoms with E-state index < -0.39 is 0 Å². The second kappa shape index (κ2) is 9.41. The first-order chi connectivity index (χ1) is 14.7. The van der Waals surface area contributed by atoms with Gasteiger partial charge in [-0.1, -0.05) is 135 Å². The largest absolute Gasteiger partial charge is 0.0622 e. The molecule has 0 bridgehead atoms. The number of rotatable bonds is 6. The molecule has 0 radical (unpaired) electrons. The third kappa shape index (κ3) is 4.44. The molecular formula is C30H28. The highest BCUT2D eigenvalue weighted by Gasteiger charge is 2.12. The van der Waals surface area contributed by atoms with E-state index in [1.807, 2.05) is 0 Å². The van der Waals surface area contributed by atoms with Gasteiger partial charge in [-0.25, -0.2) is 0 Å². The summed E-state index contributed by atoms with van der Waals surface area (Å²) in [4.78, 5) is 0. The highest BCUT2D eigenvalue weighted by atomic mass is 14.2. The molecule has 4 aromatic carbocycles. The zero-order valence-electron chi connectivity index (χ0n) is 17.7. The lowest BCUT2D eigenvalue weighted by atomic mass is 9.88. The first-order valence-electron chi connectivity index (χ1n) is 10.7. The van der Waals surface area contributed by atoms with Crippen molar-refractivity contribution in [2.45, 2.75) is 25.7 Å². The normalized spacial score (nSPS) is 13.3. The van der Waals surface area contributed by atoms with Crippen molar-refractivity contribution in [3.8, 4) is 0 Å². The van der Waals surface area contributed by atoms with Gasteiger partial charge in [-0.2, -0.15) is 0 Å². The molecule has 2 unspecified atom stereocenters. The van der Waals surface area contributed by atoms with Crippen LogP contribution in [0.25, 0.3) is 12.2 Å². The summed E-state index contributed by atoms with van der Waals surface area (Å²) in [6.07, 6.45) is 4.54. The van der Waals surface area contributed by atoms with Crippen LogP contribution in [0.4, 0.5) is 0 Å². The van der Waals surface area contributed by atoms with Gasteiger partial charge in [-0.3, -0.25) is 0 Å². The fourth-order valence-corrected chi connectivity index (χ4v) is 4.14. The smallest absolute Gasteiger partial charge is 0.00669 e. The number of hydrogen-bond acceptors (Lipinski definition) is 0. The minimum Gasteiger partial charge on any atom is -0.0622 e. The van der Waals surface area contributed by atoms with Gasteiger partial charge in [-0.15, -0.1) is 0 Å². The molecule has 0 fully saturated rings. The minimum atomic E-state index is 0.352. The average Bonchev–Trinajstić information content (AvgIpc) is 2.83. The van der Waals surface area contributed by atoms with Crippen molar-refractivity contribution in [2.24, 2.45) is 0 Å². The van der Waals surface area contributed by atoms with Crippen molar-refractivity contribution >= 4 is 12.2 Å². The number of benzene rings is 4. The van der Waals surface area contributed by atoms with Crippen LogP contribution in [-0.4, -0.2) is 0 Å². The molecule has 0 aromatic heterocycles. The Balaban J connectivity index is 1.66. The average molecular weight is 389 g/mol. The van der Waals surface area contributed by atoms with Crippen LogP contribution >= 0.6 is 0 Å². The summed E-state index contributed by atoms with van der Waals surface area (Å²) in [7, 11) is 0. The molecule has 0 saturated heterocycles. The maximum Gasteiger partial charge on any atom is 0.00669 e. The van der Waals surface area contributed by atoms with Crippen LogP contribution in [0.1, 0.15) is 59.1 Å². The predicted octanol–water partition coefficient (Wildman–Crippen LogP) is 8.16. The maximum atomic E-state index is 2.29. The third-order valence-corrected chi connectivity index (χ3v) is 5.97. The van der Waals surface area contributed by atoms with Gasteiger partial charge in [-0.05, 0) is 33.4 Å². The zero-order valence-corrected chi connectivity index (χ0v) is 17.7. The second-order valence-corrected chi connectivity index (χ2v) is 7.86. The van der Waals surface area contributed by atoms with Gasteiger partial charge in [0.05, 0.1) is 0 Å². The van der Waals surface area contributed by atoms with E-state index in [1.165, 1.54) is 33.4 Å². The van der Waals surface area contributed by atoms with Gasteiger partial charge in [0.2, 0.25) is 0 Å². The molecule has 0 spiro atoms. The highest BCUT2D eigenvalue weighted by Crippen LogP contribution is 2.30. The fraction of sp³-hybridized carbons (Fsp3) is 0.133. The standard InChI is InChI=1S/C30H28/c1-23(25-13-5-3-6-14-25)29-19-11-9-17-27(29)21-22-28-18-10-12-20-30(28)24(2)26-15-7-4-8-16-26/h3-24H,1-2H3. The molecule has 148 valence electrons. The molecule has 0 N–H and O–H groups in total. The SMILES string of the molecule is CC(c1ccccc1)c1ccccc1C=Cc1ccccc1C(C)c1ccccc1. The Bertz CT molecular complexity index is 1020. The van der Waals surface area contributed by atoms with Gasteiger partial charge in [0, 0.05) is 11.8 Å². The van der Waals surface area contributed by atoms with Crippen LogP contribution in [-0.2, 0) is 0 Å². The Kier molecular flexibility index (Phi) is 6.25. The van der Waals surface area contributed by atoms with Crippen LogP contribution in [0.15, 0.2) is 109 Å². The van der Waals surface area contributed by atoms with Gasteiger partial charge in [0.1, 0.15) is 0 Å². The topological polar surface area (TPSA) is 0 Å². The molecule has 30 heavy (non-hydrogen) atoms. The molecule has 0 heteroatoms. The van der Waals surface area contributed by atoms with E-state index in [4.69, 9.17) is 0 Å². The molecule has 0 saturated carbocycles. The molecule has 4 aromatic rings. The molecular weight excluding hydrogens is 360 g/mol. The molecule has 0 heterocycles. The van der Waals surface area contributed by atoms with Crippen LogP contribution in [0.2, 0.25) is 0 Å². The molecule has 0 aliphatic heterocycles. The first-order valence-corrected chi connectivity index (χ1v) is 10.7. The Labute approximate surface area is 180 Å². The summed E-state index contributed by atoms with van der Waals surface area (Å²) in [5, 5.41) is 0. The molecule has 0 aliphatic rings. The first kappa shape index (κ1) is 19.9. The summed E-state index contributed by atoms with van der Waals surface area (Å²) < 4.78 is 0. The Morgan fingerprint density at radius 1 is 0.433 bits per heavy atom. The lowest BCUT2D eigenvalue weighted by Crippen LogP contribution is -1.99. The van der Waals surface area contributed by atoms with E-state index in [0.29, 0.717) is 11.8 Å². The summed E-state index contributed by atoms with van der Waals surface area (Å²) in [6.45, 7) is 4.57. The molecule has 0 aliphatic carbocycles. The van der Waals surface area contributed by atoms with Crippen molar-refractivity contribution in [1.82, 2.24) is 0 Å². The van der Waals surface area contributed by atoms with Crippen molar-refractivity contribution in [1.29, 1.82) is 0 Å². The molecule has 0 nitrogen and oxygen atoms in total. The van der Waals surface area contributed by atoms with Crippen LogP contribution in [0.3, 0.4) is 0 Å².